The highest BCUT2D eigenvalue weighted by atomic mass is 127. The van der Waals surface area contributed by atoms with Crippen molar-refractivity contribution in [3.8, 4) is 0 Å². The molecular weight excluding hydrogens is 832 g/mol. The summed E-state index contributed by atoms with van der Waals surface area (Å²) >= 11 is 1.66. The average Bonchev–Trinajstić information content (AvgIpc) is 3.35. The zero-order valence-corrected chi connectivity index (χ0v) is 29.4. The van der Waals surface area contributed by atoms with Crippen molar-refractivity contribution >= 4 is 54.4 Å². The quantitative estimate of drug-likeness (QED) is 0.0351. The Bertz CT molecular complexity index is 1460. The second-order valence-corrected chi connectivity index (χ2v) is 13.1. The van der Waals surface area contributed by atoms with Gasteiger partial charge in [0.1, 0.15) is 65.4 Å². The van der Waals surface area contributed by atoms with E-state index in [4.69, 9.17) is 32.1 Å². The van der Waals surface area contributed by atoms with E-state index in [9.17, 15) is 64.4 Å². The summed E-state index contributed by atoms with van der Waals surface area (Å²) in [6.07, 6.45) is -15.6. The predicted molar refractivity (Wildman–Crippen MR) is 171 cm³/mol. The topological polar surface area (TPSA) is 370 Å². The van der Waals surface area contributed by atoms with Crippen LogP contribution in [0.5, 0.6) is 0 Å². The number of halogens is 1. The molecule has 11 atom stereocenters. The fraction of sp³-hybridized carbons (Fsp3) is 0.720. The summed E-state index contributed by atoms with van der Waals surface area (Å²) in [5.74, 6) is -7.22. The number of phosphoric ester groups is 1. The van der Waals surface area contributed by atoms with Crippen LogP contribution < -0.4 is 22.1 Å². The van der Waals surface area contributed by atoms with Gasteiger partial charge in [-0.2, -0.15) is 4.98 Å². The number of carbonyl (C=O) groups is 3. The third-order valence-electron chi connectivity index (χ3n) is 7.50. The molecule has 0 saturated carbocycles. The number of nitrogens with one attached hydrogen (secondary N) is 2. The molecule has 51 heavy (non-hydrogen) atoms. The smallest absolute Gasteiger partial charge is 0.475 e. The van der Waals surface area contributed by atoms with E-state index in [1.54, 1.807) is 23.0 Å². The highest BCUT2D eigenvalue weighted by Crippen LogP contribution is 2.51. The van der Waals surface area contributed by atoms with E-state index in [-0.39, 0.29) is 32.1 Å². The Balaban J connectivity index is 1.71. The van der Waals surface area contributed by atoms with Crippen LogP contribution in [0, 0.1) is 0 Å². The molecule has 1 aromatic rings. The van der Waals surface area contributed by atoms with E-state index in [1.165, 1.54) is 6.07 Å². The fourth-order valence-corrected chi connectivity index (χ4v) is 6.08. The van der Waals surface area contributed by atoms with E-state index in [1.807, 2.05) is 0 Å². The number of nitrogens with zero attached hydrogens (tertiary/aromatic N) is 2. The molecule has 26 heteroatoms. The lowest BCUT2D eigenvalue weighted by Crippen LogP contribution is -2.68. The maximum Gasteiger partial charge on any atom is 0.475 e. The Morgan fingerprint density at radius 1 is 1.18 bits per heavy atom. The van der Waals surface area contributed by atoms with Gasteiger partial charge in [0.15, 0.2) is 6.23 Å². The SMILES string of the molecule is Nc1ccn([C@@H]2O[C@H](COP(=O)(O)OC3(C(=O)O)CC(O)C(NC(=O)CNC(=O)CCOCCOI)C(C(O)[C@H](O)CO)O3)[C@H](O)C2O)c(=O)n1. The van der Waals surface area contributed by atoms with Crippen LogP contribution >= 0.6 is 30.8 Å². The first-order valence-electron chi connectivity index (χ1n) is 14.9. The number of carboxylic acid groups (broad SMARTS) is 1. The number of ether oxygens (including phenoxy) is 3. The zero-order valence-electron chi connectivity index (χ0n) is 26.4. The van der Waals surface area contributed by atoms with Gasteiger partial charge in [-0.3, -0.25) is 18.7 Å². The summed E-state index contributed by atoms with van der Waals surface area (Å²) in [5, 5.41) is 76.4. The van der Waals surface area contributed by atoms with Gasteiger partial charge in [-0.05, 0) is 6.07 Å². The van der Waals surface area contributed by atoms with Gasteiger partial charge in [-0.1, -0.05) is 0 Å². The van der Waals surface area contributed by atoms with Crippen molar-refractivity contribution in [3.05, 3.63) is 22.7 Å². The first-order chi connectivity index (χ1) is 23.9. The molecule has 0 aromatic carbocycles. The molecule has 2 aliphatic heterocycles. The Kier molecular flexibility index (Phi) is 16.0. The number of hydrogen-bond donors (Lipinski definition) is 11. The van der Waals surface area contributed by atoms with Gasteiger partial charge < -0.3 is 74.3 Å². The first-order valence-corrected chi connectivity index (χ1v) is 17.3. The van der Waals surface area contributed by atoms with E-state index in [0.29, 0.717) is 0 Å². The van der Waals surface area contributed by atoms with E-state index >= 15 is 0 Å². The Morgan fingerprint density at radius 2 is 1.88 bits per heavy atom. The second-order valence-electron chi connectivity index (χ2n) is 11.1. The van der Waals surface area contributed by atoms with E-state index in [0.717, 1.165) is 10.8 Å². The molecule has 0 radical (unpaired) electrons. The standard InChI is InChI=1S/C25H39IN5O19P/c26-46-6-5-45-4-2-15(35)28-8-16(36)30-17-11(33)7-25(23(40)41,49-21(17)18(37)12(34)9-32)50-51(43,44)47-10-13-19(38)20(39)22(48-13)31-3-1-14(27)29-24(31)42/h1,3,11-13,17-22,32-34,37-39H,2,4-10H2,(H,28,35)(H,30,36)(H,40,41)(H,43,44)(H2,27,29,42)/t11?,12-,13-,17?,18?,19+,20?,21?,22-,25?/m1/s1. The maximum atomic E-state index is 13.0. The number of hydrogen-bond acceptors (Lipinski definition) is 19. The lowest BCUT2D eigenvalue weighted by Gasteiger charge is -2.46. The fourth-order valence-electron chi connectivity index (χ4n) is 4.94. The van der Waals surface area contributed by atoms with Crippen LogP contribution in [0.3, 0.4) is 0 Å². The molecule has 0 spiro atoms. The molecule has 3 rings (SSSR count). The lowest BCUT2D eigenvalue weighted by atomic mass is 9.88. The molecule has 2 amide bonds. The normalized spacial score (nSPS) is 30.2. The molecule has 12 N–H and O–H groups in total. The number of carbonyl (C=O) groups excluding carboxylic acids is 2. The molecule has 0 aliphatic carbocycles. The molecule has 7 unspecified atom stereocenters. The first kappa shape index (κ1) is 42.9. The number of carboxylic acids is 1. The average molecular weight is 871 g/mol. The van der Waals surface area contributed by atoms with Crippen molar-refractivity contribution < 1.29 is 85.9 Å². The third-order valence-corrected chi connectivity index (χ3v) is 8.94. The van der Waals surface area contributed by atoms with Crippen molar-refractivity contribution in [3.63, 3.8) is 0 Å². The molecule has 24 nitrogen and oxygen atoms in total. The van der Waals surface area contributed by atoms with Crippen LogP contribution in [-0.4, -0.2) is 162 Å². The van der Waals surface area contributed by atoms with Crippen molar-refractivity contribution in [2.24, 2.45) is 0 Å². The summed E-state index contributed by atoms with van der Waals surface area (Å²) in [6.45, 7) is -2.36. The number of aromatic nitrogens is 2. The van der Waals surface area contributed by atoms with Crippen LogP contribution in [0.1, 0.15) is 19.1 Å². The molecule has 2 saturated heterocycles. The molecule has 290 valence electrons. The van der Waals surface area contributed by atoms with Gasteiger partial charge in [-0.25, -0.2) is 18.7 Å². The minimum Gasteiger partial charge on any atom is -0.477 e. The number of nitrogen functional groups attached to an aromatic ring is 1. The molecule has 1 aromatic heterocycles. The van der Waals surface area contributed by atoms with Gasteiger partial charge in [0.25, 0.3) is 5.79 Å². The van der Waals surface area contributed by atoms with Gasteiger partial charge in [0.05, 0.1) is 51.7 Å². The van der Waals surface area contributed by atoms with Crippen LogP contribution in [0.2, 0.25) is 0 Å². The van der Waals surface area contributed by atoms with Crippen LogP contribution in [-0.2, 0) is 45.3 Å². The minimum absolute atomic E-state index is 0.00501. The summed E-state index contributed by atoms with van der Waals surface area (Å²) in [5.41, 5.74) is 4.47. The van der Waals surface area contributed by atoms with Gasteiger partial charge >= 0.3 is 19.5 Å². The number of amides is 2. The van der Waals surface area contributed by atoms with E-state index in [2.05, 4.69) is 15.6 Å². The van der Waals surface area contributed by atoms with Crippen molar-refractivity contribution in [2.45, 2.75) is 73.6 Å². The number of aliphatic carboxylic acids is 1. The number of aliphatic hydroxyl groups excluding tert-OH is 6. The van der Waals surface area contributed by atoms with Crippen molar-refractivity contribution in [2.75, 3.05) is 45.3 Å². The van der Waals surface area contributed by atoms with Crippen LogP contribution in [0.4, 0.5) is 5.82 Å². The number of nitrogens with two attached hydrogens (primary N) is 1. The number of rotatable bonds is 19. The number of anilines is 1. The van der Waals surface area contributed by atoms with Crippen molar-refractivity contribution in [1.29, 1.82) is 0 Å². The predicted octanol–water partition coefficient (Wildman–Crippen LogP) is -5.40. The number of aliphatic hydroxyl groups is 6. The van der Waals surface area contributed by atoms with Gasteiger partial charge in [-0.15, -0.1) is 0 Å². The highest BCUT2D eigenvalue weighted by molar-refractivity contribution is 14.1. The third kappa shape index (κ3) is 11.5. The molecule has 2 aliphatic rings. The number of phosphoric acid groups is 1. The zero-order chi connectivity index (χ0) is 38.1. The molecular formula is C25H39IN5O19P. The lowest BCUT2D eigenvalue weighted by molar-refractivity contribution is -0.289. The summed E-state index contributed by atoms with van der Waals surface area (Å²) in [4.78, 5) is 63.2. The van der Waals surface area contributed by atoms with Crippen LogP contribution in [0.15, 0.2) is 17.1 Å². The molecule has 3 heterocycles. The van der Waals surface area contributed by atoms with Gasteiger partial charge in [0.2, 0.25) is 11.8 Å². The summed E-state index contributed by atoms with van der Waals surface area (Å²) < 4.78 is 44.1. The Hall–Kier alpha value is -2.47. The second kappa shape index (κ2) is 19.0. The summed E-state index contributed by atoms with van der Waals surface area (Å²) in [7, 11) is -5.62. The van der Waals surface area contributed by atoms with Crippen LogP contribution in [0.25, 0.3) is 0 Å². The summed E-state index contributed by atoms with van der Waals surface area (Å²) in [6, 6.07) is -0.571. The maximum absolute atomic E-state index is 13.0. The van der Waals surface area contributed by atoms with E-state index < -0.39 is 118 Å². The highest BCUT2D eigenvalue weighted by Gasteiger charge is 2.59. The largest absolute Gasteiger partial charge is 0.477 e. The molecule has 2 fully saturated rings. The van der Waals surface area contributed by atoms with Gasteiger partial charge in [0, 0.05) is 19.0 Å². The monoisotopic (exact) mass is 871 g/mol. The minimum atomic E-state index is -5.62. The Labute approximate surface area is 301 Å². The molecule has 0 bridgehead atoms. The Morgan fingerprint density at radius 3 is 2.51 bits per heavy atom. The van der Waals surface area contributed by atoms with Crippen molar-refractivity contribution in [1.82, 2.24) is 20.2 Å².